The molecule has 0 radical (unpaired) electrons. The Balaban J connectivity index is 0.00000176. The minimum atomic E-state index is -0.233. The zero-order valence-electron chi connectivity index (χ0n) is 11.6. The Morgan fingerprint density at radius 3 is 2.64 bits per heavy atom. The number of phenols is 2. The zero-order chi connectivity index (χ0) is 15.0. The molecule has 2 aromatic rings. The Morgan fingerprint density at radius 1 is 1.18 bits per heavy atom. The Morgan fingerprint density at radius 2 is 1.91 bits per heavy atom. The van der Waals surface area contributed by atoms with E-state index in [1.165, 1.54) is 0 Å². The minimum Gasteiger partial charge on any atom is -0.504 e. The van der Waals surface area contributed by atoms with E-state index in [9.17, 15) is 10.2 Å². The first-order valence-corrected chi connectivity index (χ1v) is 7.95. The number of halogens is 3. The SMILES string of the molecule is Br.Oc1cc2c(c(Cl)c1O)CCNCC2c1ccccc1Br. The molecule has 0 fully saturated rings. The molecule has 1 aliphatic heterocycles. The van der Waals surface area contributed by atoms with E-state index >= 15 is 0 Å². The molecule has 0 spiro atoms. The van der Waals surface area contributed by atoms with Crippen LogP contribution in [-0.2, 0) is 6.42 Å². The van der Waals surface area contributed by atoms with Crippen LogP contribution in [0, 0.1) is 0 Å². The van der Waals surface area contributed by atoms with Gasteiger partial charge in [-0.2, -0.15) is 0 Å². The summed E-state index contributed by atoms with van der Waals surface area (Å²) in [6.07, 6.45) is 0.725. The third-order valence-electron chi connectivity index (χ3n) is 3.91. The molecule has 1 heterocycles. The molecule has 0 saturated carbocycles. The summed E-state index contributed by atoms with van der Waals surface area (Å²) in [5, 5.41) is 23.4. The second kappa shape index (κ2) is 7.21. The summed E-state index contributed by atoms with van der Waals surface area (Å²) in [7, 11) is 0. The normalized spacial score (nSPS) is 17.3. The fraction of sp³-hybridized carbons (Fsp3) is 0.250. The molecule has 22 heavy (non-hydrogen) atoms. The Bertz CT molecular complexity index is 694. The first-order valence-electron chi connectivity index (χ1n) is 6.78. The summed E-state index contributed by atoms with van der Waals surface area (Å²) in [4.78, 5) is 0. The summed E-state index contributed by atoms with van der Waals surface area (Å²) < 4.78 is 1.02. The number of nitrogens with one attached hydrogen (secondary N) is 1. The highest BCUT2D eigenvalue weighted by atomic mass is 79.9. The molecule has 1 unspecified atom stereocenters. The van der Waals surface area contributed by atoms with Gasteiger partial charge in [-0.05, 0) is 41.8 Å². The highest BCUT2D eigenvalue weighted by Crippen LogP contribution is 2.43. The molecular formula is C16H16Br2ClNO2. The summed E-state index contributed by atoms with van der Waals surface area (Å²) in [5.41, 5.74) is 3.00. The van der Waals surface area contributed by atoms with Crippen molar-refractivity contribution in [1.82, 2.24) is 5.32 Å². The van der Waals surface area contributed by atoms with Crippen LogP contribution in [0.3, 0.4) is 0 Å². The maximum atomic E-state index is 9.92. The van der Waals surface area contributed by atoms with Crippen LogP contribution in [0.15, 0.2) is 34.8 Å². The molecule has 0 bridgehead atoms. The second-order valence-electron chi connectivity index (χ2n) is 5.15. The standard InChI is InChI=1S/C16H15BrClNO2.BrH/c17-13-4-2-1-3-9(13)12-8-19-6-5-10-11(12)7-14(20)16(21)15(10)18;/h1-4,7,12,19-21H,5-6,8H2;1H. The molecule has 0 saturated heterocycles. The van der Waals surface area contributed by atoms with Crippen molar-refractivity contribution in [2.24, 2.45) is 0 Å². The van der Waals surface area contributed by atoms with E-state index in [0.717, 1.165) is 40.7 Å². The molecule has 118 valence electrons. The van der Waals surface area contributed by atoms with Gasteiger partial charge < -0.3 is 15.5 Å². The number of hydrogen-bond donors (Lipinski definition) is 3. The van der Waals surface area contributed by atoms with Crippen LogP contribution in [0.4, 0.5) is 0 Å². The van der Waals surface area contributed by atoms with Crippen molar-refractivity contribution in [3.8, 4) is 11.5 Å². The zero-order valence-corrected chi connectivity index (χ0v) is 15.7. The highest BCUT2D eigenvalue weighted by molar-refractivity contribution is 9.10. The van der Waals surface area contributed by atoms with Gasteiger partial charge in [0.1, 0.15) is 0 Å². The third-order valence-corrected chi connectivity index (χ3v) is 5.04. The predicted molar refractivity (Wildman–Crippen MR) is 97.7 cm³/mol. The molecule has 1 atom stereocenters. The Labute approximate surface area is 153 Å². The van der Waals surface area contributed by atoms with Gasteiger partial charge in [-0.1, -0.05) is 45.7 Å². The van der Waals surface area contributed by atoms with Gasteiger partial charge >= 0.3 is 0 Å². The molecule has 0 amide bonds. The van der Waals surface area contributed by atoms with Crippen LogP contribution >= 0.6 is 44.5 Å². The molecule has 2 aromatic carbocycles. The van der Waals surface area contributed by atoms with E-state index in [1.54, 1.807) is 6.07 Å². The third kappa shape index (κ3) is 3.13. The quantitative estimate of drug-likeness (QED) is 0.567. The highest BCUT2D eigenvalue weighted by Gasteiger charge is 2.26. The summed E-state index contributed by atoms with van der Waals surface area (Å²) in [6.45, 7) is 1.55. The van der Waals surface area contributed by atoms with Gasteiger partial charge in [0.15, 0.2) is 11.5 Å². The van der Waals surface area contributed by atoms with Crippen molar-refractivity contribution < 1.29 is 10.2 Å². The fourth-order valence-corrected chi connectivity index (χ4v) is 3.72. The van der Waals surface area contributed by atoms with E-state index in [1.807, 2.05) is 18.2 Å². The van der Waals surface area contributed by atoms with Crippen LogP contribution in [0.25, 0.3) is 0 Å². The van der Waals surface area contributed by atoms with Crippen molar-refractivity contribution in [2.75, 3.05) is 13.1 Å². The fourth-order valence-electron chi connectivity index (χ4n) is 2.85. The molecule has 1 aliphatic rings. The number of rotatable bonds is 1. The lowest BCUT2D eigenvalue weighted by molar-refractivity contribution is 0.402. The van der Waals surface area contributed by atoms with Crippen LogP contribution < -0.4 is 5.32 Å². The lowest BCUT2D eigenvalue weighted by Crippen LogP contribution is -2.21. The first kappa shape index (κ1) is 17.6. The van der Waals surface area contributed by atoms with Gasteiger partial charge in [0.05, 0.1) is 5.02 Å². The summed E-state index contributed by atoms with van der Waals surface area (Å²) in [5.74, 6) is -0.331. The minimum absolute atomic E-state index is 0. The largest absolute Gasteiger partial charge is 0.504 e. The number of benzene rings is 2. The monoisotopic (exact) mass is 447 g/mol. The summed E-state index contributed by atoms with van der Waals surface area (Å²) >= 11 is 9.82. The topological polar surface area (TPSA) is 52.5 Å². The lowest BCUT2D eigenvalue weighted by Gasteiger charge is -2.21. The van der Waals surface area contributed by atoms with Crippen molar-refractivity contribution in [1.29, 1.82) is 0 Å². The van der Waals surface area contributed by atoms with Gasteiger partial charge in [-0.3, -0.25) is 0 Å². The van der Waals surface area contributed by atoms with Gasteiger partial charge in [0, 0.05) is 16.9 Å². The van der Waals surface area contributed by atoms with Crippen molar-refractivity contribution in [3.05, 3.63) is 56.5 Å². The van der Waals surface area contributed by atoms with Crippen LogP contribution in [0.1, 0.15) is 22.6 Å². The molecule has 0 aliphatic carbocycles. The second-order valence-corrected chi connectivity index (χ2v) is 6.39. The van der Waals surface area contributed by atoms with E-state index in [4.69, 9.17) is 11.6 Å². The van der Waals surface area contributed by atoms with Gasteiger partial charge in [0.2, 0.25) is 0 Å². The molecule has 3 N–H and O–H groups in total. The van der Waals surface area contributed by atoms with Gasteiger partial charge in [0.25, 0.3) is 0 Å². The van der Waals surface area contributed by atoms with E-state index < -0.39 is 0 Å². The maximum absolute atomic E-state index is 9.92. The van der Waals surface area contributed by atoms with E-state index in [2.05, 4.69) is 27.3 Å². The van der Waals surface area contributed by atoms with Crippen LogP contribution in [0.5, 0.6) is 11.5 Å². The maximum Gasteiger partial charge on any atom is 0.176 e. The Kier molecular flexibility index (Phi) is 5.77. The molecule has 3 nitrogen and oxygen atoms in total. The average Bonchev–Trinajstić information content (AvgIpc) is 2.68. The molecule has 3 rings (SSSR count). The number of fused-ring (bicyclic) bond motifs is 1. The predicted octanol–water partition coefficient (Wildman–Crippen LogP) is 4.37. The van der Waals surface area contributed by atoms with Crippen molar-refractivity contribution >= 4 is 44.5 Å². The van der Waals surface area contributed by atoms with Crippen LogP contribution in [-0.4, -0.2) is 23.3 Å². The van der Waals surface area contributed by atoms with E-state index in [0.29, 0.717) is 0 Å². The first-order chi connectivity index (χ1) is 10.1. The Hall–Kier alpha value is -0.750. The lowest BCUT2D eigenvalue weighted by atomic mass is 9.87. The molecule has 6 heteroatoms. The molecule has 0 aromatic heterocycles. The van der Waals surface area contributed by atoms with Crippen molar-refractivity contribution in [2.45, 2.75) is 12.3 Å². The number of aromatic hydroxyl groups is 2. The summed E-state index contributed by atoms with van der Waals surface area (Å²) in [6, 6.07) is 9.66. The van der Waals surface area contributed by atoms with Gasteiger partial charge in [-0.15, -0.1) is 17.0 Å². The van der Waals surface area contributed by atoms with E-state index in [-0.39, 0.29) is 39.4 Å². The number of phenolic OH excluding ortho intramolecular Hbond substituents is 2. The van der Waals surface area contributed by atoms with Crippen LogP contribution in [0.2, 0.25) is 5.02 Å². The average molecular weight is 450 g/mol. The van der Waals surface area contributed by atoms with Gasteiger partial charge in [-0.25, -0.2) is 0 Å². The molecular weight excluding hydrogens is 433 g/mol. The number of hydrogen-bond acceptors (Lipinski definition) is 3. The van der Waals surface area contributed by atoms with Crippen molar-refractivity contribution in [3.63, 3.8) is 0 Å². The smallest absolute Gasteiger partial charge is 0.176 e.